The van der Waals surface area contributed by atoms with Gasteiger partial charge < -0.3 is 84.3 Å². The van der Waals surface area contributed by atoms with Gasteiger partial charge in [-0.05, 0) is 19.8 Å². The van der Waals surface area contributed by atoms with Crippen molar-refractivity contribution in [1.29, 1.82) is 0 Å². The van der Waals surface area contributed by atoms with Gasteiger partial charge in [-0.3, -0.25) is 0 Å². The van der Waals surface area contributed by atoms with Crippen LogP contribution in [-0.2, 0) is 33.2 Å². The molecule has 0 radical (unpaired) electrons. The Morgan fingerprint density at radius 3 is 1.62 bits per heavy atom. The summed E-state index contributed by atoms with van der Waals surface area (Å²) < 4.78 is 33.4. The molecule has 264 valence electrons. The van der Waals surface area contributed by atoms with Gasteiger partial charge in [-0.1, -0.05) is 25.7 Å². The summed E-state index contributed by atoms with van der Waals surface area (Å²) in [5.74, 6) is 0.158. The maximum absolute atomic E-state index is 11.1. The van der Waals surface area contributed by atoms with Gasteiger partial charge in [0, 0.05) is 13.0 Å². The van der Waals surface area contributed by atoms with E-state index in [0.29, 0.717) is 12.8 Å². The van der Waals surface area contributed by atoms with Gasteiger partial charge in [0.05, 0.1) is 19.8 Å². The number of aliphatic hydroxyl groups is 10. The van der Waals surface area contributed by atoms with Gasteiger partial charge in [0.1, 0.15) is 79.0 Å². The predicted octanol–water partition coefficient (Wildman–Crippen LogP) is -4.23. The number of carbonyl (C=O) groups excluding carboxylic acids is 1. The minimum Gasteiger partial charge on any atom is -0.394 e. The summed E-state index contributed by atoms with van der Waals surface area (Å²) in [5.41, 5.74) is 0. The van der Waals surface area contributed by atoms with Crippen molar-refractivity contribution < 1.29 is 84.3 Å². The van der Waals surface area contributed by atoms with Gasteiger partial charge in [-0.15, -0.1) is 0 Å². The lowest BCUT2D eigenvalue weighted by atomic mass is 9.96. The monoisotopic (exact) mass is 658 g/mol. The zero-order chi connectivity index (χ0) is 33.3. The second-order valence-electron chi connectivity index (χ2n) is 11.8. The molecule has 15 unspecified atom stereocenters. The average molecular weight is 659 g/mol. The van der Waals surface area contributed by atoms with Crippen LogP contribution in [0.15, 0.2) is 0 Å². The van der Waals surface area contributed by atoms with Crippen LogP contribution in [-0.4, -0.2) is 175 Å². The first kappa shape index (κ1) is 38.5. The van der Waals surface area contributed by atoms with Crippen molar-refractivity contribution >= 4 is 5.78 Å². The second kappa shape index (κ2) is 18.5. The predicted molar refractivity (Wildman–Crippen MR) is 148 cm³/mol. The number of ether oxygens (including phenoxy) is 6. The molecule has 17 heteroatoms. The van der Waals surface area contributed by atoms with Gasteiger partial charge >= 0.3 is 0 Å². The Kier molecular flexibility index (Phi) is 15.9. The van der Waals surface area contributed by atoms with Crippen LogP contribution in [0.25, 0.3) is 0 Å². The molecule has 3 rings (SSSR count). The van der Waals surface area contributed by atoms with E-state index in [1.807, 2.05) is 0 Å². The molecule has 0 aliphatic carbocycles. The van der Waals surface area contributed by atoms with Crippen LogP contribution in [0, 0.1) is 0 Å². The molecule has 0 saturated carbocycles. The average Bonchev–Trinajstić information content (AvgIpc) is 3.02. The highest BCUT2D eigenvalue weighted by atomic mass is 16.7. The molecule has 45 heavy (non-hydrogen) atoms. The molecule has 0 amide bonds. The minimum absolute atomic E-state index is 0.137. The summed E-state index contributed by atoms with van der Waals surface area (Å²) in [6.07, 6.45) is -18.3. The molecule has 0 aromatic carbocycles. The van der Waals surface area contributed by atoms with E-state index in [0.717, 1.165) is 32.1 Å². The summed E-state index contributed by atoms with van der Waals surface area (Å²) in [6.45, 7) is -0.266. The van der Waals surface area contributed by atoms with Crippen molar-refractivity contribution in [3.8, 4) is 0 Å². The van der Waals surface area contributed by atoms with E-state index >= 15 is 0 Å². The van der Waals surface area contributed by atoms with Crippen LogP contribution >= 0.6 is 0 Å². The van der Waals surface area contributed by atoms with Crippen LogP contribution in [0.2, 0.25) is 0 Å². The van der Waals surface area contributed by atoms with Crippen LogP contribution in [0.5, 0.6) is 0 Å². The van der Waals surface area contributed by atoms with Gasteiger partial charge in [-0.25, -0.2) is 0 Å². The molecule has 0 aromatic rings. The quantitative estimate of drug-likeness (QED) is 0.0663. The Bertz CT molecular complexity index is 863. The molecule has 0 bridgehead atoms. The van der Waals surface area contributed by atoms with E-state index < -0.39 is 112 Å². The van der Waals surface area contributed by atoms with Crippen molar-refractivity contribution in [2.24, 2.45) is 0 Å². The third-order valence-corrected chi connectivity index (χ3v) is 8.26. The fourth-order valence-electron chi connectivity index (χ4n) is 5.45. The molecule has 10 N–H and O–H groups in total. The summed E-state index contributed by atoms with van der Waals surface area (Å²) in [6, 6.07) is 0. The Morgan fingerprint density at radius 2 is 1.04 bits per heavy atom. The normalized spacial score (nSPS) is 42.5. The smallest absolute Gasteiger partial charge is 0.187 e. The molecule has 15 atom stereocenters. The maximum Gasteiger partial charge on any atom is 0.187 e. The lowest BCUT2D eigenvalue weighted by molar-refractivity contribution is -0.366. The van der Waals surface area contributed by atoms with Crippen LogP contribution < -0.4 is 0 Å². The molecule has 17 nitrogen and oxygen atoms in total. The van der Waals surface area contributed by atoms with Gasteiger partial charge in [0.15, 0.2) is 18.9 Å². The molecule has 3 heterocycles. The van der Waals surface area contributed by atoms with Crippen LogP contribution in [0.3, 0.4) is 0 Å². The van der Waals surface area contributed by atoms with Gasteiger partial charge in [0.2, 0.25) is 0 Å². The Morgan fingerprint density at radius 1 is 0.556 bits per heavy atom. The summed E-state index contributed by atoms with van der Waals surface area (Å²) >= 11 is 0. The van der Waals surface area contributed by atoms with E-state index in [9.17, 15) is 55.9 Å². The number of hydrogen-bond acceptors (Lipinski definition) is 17. The summed E-state index contributed by atoms with van der Waals surface area (Å²) in [5, 5.41) is 102. The maximum atomic E-state index is 11.1. The zero-order valence-corrected chi connectivity index (χ0v) is 25.3. The SMILES string of the molecule is CC(=O)CCCCCCCCOC1OC(COC2OC(CO)C(O)C(O)C2O)C(O)C(OC2OC(CO)C(O)C(O)C2O)C1O. The lowest BCUT2D eigenvalue weighted by Gasteiger charge is -2.46. The number of carbonyl (C=O) groups is 1. The molecule has 0 spiro atoms. The second-order valence-corrected chi connectivity index (χ2v) is 11.8. The topological polar surface area (TPSA) is 275 Å². The molecule has 3 aliphatic rings. The Balaban J connectivity index is 1.64. The fraction of sp³-hybridized carbons (Fsp3) is 0.964. The first-order valence-corrected chi connectivity index (χ1v) is 15.4. The molecule has 3 fully saturated rings. The summed E-state index contributed by atoms with van der Waals surface area (Å²) in [4.78, 5) is 11.1. The van der Waals surface area contributed by atoms with Gasteiger partial charge in [0.25, 0.3) is 0 Å². The van der Waals surface area contributed by atoms with Crippen LogP contribution in [0.4, 0.5) is 0 Å². The van der Waals surface area contributed by atoms with Crippen molar-refractivity contribution in [2.75, 3.05) is 26.4 Å². The lowest BCUT2D eigenvalue weighted by Crippen LogP contribution is -2.65. The standard InChI is InChI=1S/C28H50O17/c1-13(31)8-6-4-2-3-5-7-9-40-27-24(39)25(45-28-23(38)21(36)18(33)15(11-30)43-28)19(34)16(44-27)12-41-26-22(37)20(35)17(32)14(10-29)42-26/h14-30,32-39H,2-12H2,1H3. The highest BCUT2D eigenvalue weighted by Gasteiger charge is 2.52. The van der Waals surface area contributed by atoms with E-state index in [2.05, 4.69) is 0 Å². The van der Waals surface area contributed by atoms with E-state index in [-0.39, 0.29) is 12.4 Å². The number of ketones is 1. The van der Waals surface area contributed by atoms with E-state index in [4.69, 9.17) is 28.4 Å². The number of aliphatic hydroxyl groups excluding tert-OH is 10. The first-order valence-electron chi connectivity index (χ1n) is 15.4. The van der Waals surface area contributed by atoms with Gasteiger partial charge in [-0.2, -0.15) is 0 Å². The van der Waals surface area contributed by atoms with Crippen molar-refractivity contribution in [3.63, 3.8) is 0 Å². The number of rotatable bonds is 17. The van der Waals surface area contributed by atoms with Crippen molar-refractivity contribution in [3.05, 3.63) is 0 Å². The van der Waals surface area contributed by atoms with Crippen molar-refractivity contribution in [1.82, 2.24) is 0 Å². The third kappa shape index (κ3) is 10.3. The largest absolute Gasteiger partial charge is 0.394 e. The minimum atomic E-state index is -1.83. The molecule has 0 aromatic heterocycles. The number of unbranched alkanes of at least 4 members (excludes halogenated alkanes) is 5. The summed E-state index contributed by atoms with van der Waals surface area (Å²) in [7, 11) is 0. The third-order valence-electron chi connectivity index (χ3n) is 8.26. The highest BCUT2D eigenvalue weighted by molar-refractivity contribution is 5.75. The number of hydrogen-bond donors (Lipinski definition) is 10. The van der Waals surface area contributed by atoms with E-state index in [1.165, 1.54) is 0 Å². The van der Waals surface area contributed by atoms with Crippen LogP contribution in [0.1, 0.15) is 51.9 Å². The Labute approximate surface area is 260 Å². The fourth-order valence-corrected chi connectivity index (χ4v) is 5.45. The molecular formula is C28H50O17. The van der Waals surface area contributed by atoms with Crippen molar-refractivity contribution in [2.45, 2.75) is 144 Å². The van der Waals surface area contributed by atoms with E-state index in [1.54, 1.807) is 6.92 Å². The molecule has 3 saturated heterocycles. The Hall–Kier alpha value is -0.970. The molecule has 3 aliphatic heterocycles. The highest BCUT2D eigenvalue weighted by Crippen LogP contribution is 2.31. The molecular weight excluding hydrogens is 608 g/mol. The first-order chi connectivity index (χ1) is 21.4. The number of Topliss-reactive ketones (excluding diaryl/α,β-unsaturated/α-hetero) is 1. The zero-order valence-electron chi connectivity index (χ0n) is 25.3.